The first-order valence-corrected chi connectivity index (χ1v) is 6.42. The van der Waals surface area contributed by atoms with E-state index < -0.39 is 22.5 Å². The van der Waals surface area contributed by atoms with E-state index in [2.05, 4.69) is 10.6 Å². The number of hydrogen-bond donors (Lipinski definition) is 3. The van der Waals surface area contributed by atoms with Gasteiger partial charge in [0.1, 0.15) is 5.54 Å². The molecule has 1 saturated carbocycles. The summed E-state index contributed by atoms with van der Waals surface area (Å²) >= 11 is 0. The number of nitrogens with zero attached hydrogens (tertiary/aromatic N) is 1. The van der Waals surface area contributed by atoms with Gasteiger partial charge in [-0.05, 0) is 37.8 Å². The first-order chi connectivity index (χ1) is 9.84. The number of nitro benzene ring substituents is 1. The van der Waals surface area contributed by atoms with Gasteiger partial charge in [-0.15, -0.1) is 0 Å². The molecule has 1 aromatic rings. The Bertz CT molecular complexity index is 610. The van der Waals surface area contributed by atoms with Crippen molar-refractivity contribution in [1.82, 2.24) is 5.32 Å². The van der Waals surface area contributed by atoms with Crippen LogP contribution in [0, 0.1) is 17.0 Å². The standard InChI is InChI=1S/C13H15N3O5/c1-8-7-9(16(20)21)3-4-10(8)14-12(19)15-13(11(17)18)5-2-6-13/h3-4,7H,2,5-6H2,1H3,(H,17,18)(H2,14,15,19). The van der Waals surface area contributed by atoms with E-state index in [1.807, 2.05) is 0 Å². The molecule has 1 aromatic carbocycles. The molecule has 21 heavy (non-hydrogen) atoms. The Morgan fingerprint density at radius 3 is 2.48 bits per heavy atom. The van der Waals surface area contributed by atoms with E-state index in [4.69, 9.17) is 5.11 Å². The average molecular weight is 293 g/mol. The molecular formula is C13H15N3O5. The van der Waals surface area contributed by atoms with Gasteiger partial charge in [0.2, 0.25) is 0 Å². The summed E-state index contributed by atoms with van der Waals surface area (Å²) in [6.45, 7) is 1.62. The quantitative estimate of drug-likeness (QED) is 0.579. The van der Waals surface area contributed by atoms with Crippen LogP contribution in [0.2, 0.25) is 0 Å². The summed E-state index contributed by atoms with van der Waals surface area (Å²) < 4.78 is 0. The van der Waals surface area contributed by atoms with Crippen LogP contribution in [0.4, 0.5) is 16.2 Å². The lowest BCUT2D eigenvalue weighted by atomic mass is 9.77. The van der Waals surface area contributed by atoms with Crippen LogP contribution in [-0.4, -0.2) is 27.6 Å². The van der Waals surface area contributed by atoms with E-state index in [-0.39, 0.29) is 5.69 Å². The van der Waals surface area contributed by atoms with Crippen molar-refractivity contribution in [1.29, 1.82) is 0 Å². The summed E-state index contributed by atoms with van der Waals surface area (Å²) in [5, 5.41) is 24.7. The van der Waals surface area contributed by atoms with Crippen molar-refractivity contribution in [2.45, 2.75) is 31.7 Å². The Morgan fingerprint density at radius 1 is 1.38 bits per heavy atom. The molecule has 0 spiro atoms. The Morgan fingerprint density at radius 2 is 2.05 bits per heavy atom. The van der Waals surface area contributed by atoms with Crippen LogP contribution in [0.3, 0.4) is 0 Å². The van der Waals surface area contributed by atoms with Gasteiger partial charge in [-0.3, -0.25) is 10.1 Å². The predicted octanol–water partition coefficient (Wildman–Crippen LogP) is 2.03. The number of anilines is 1. The topological polar surface area (TPSA) is 122 Å². The lowest BCUT2D eigenvalue weighted by Crippen LogP contribution is -2.60. The number of carbonyl (C=O) groups is 2. The Balaban J connectivity index is 2.06. The summed E-state index contributed by atoms with van der Waals surface area (Å²) in [5.41, 5.74) is -0.339. The fourth-order valence-corrected chi connectivity index (χ4v) is 2.20. The zero-order valence-electron chi connectivity index (χ0n) is 11.4. The molecule has 0 radical (unpaired) electrons. The van der Waals surface area contributed by atoms with Crippen LogP contribution in [0.5, 0.6) is 0 Å². The third kappa shape index (κ3) is 2.93. The minimum Gasteiger partial charge on any atom is -0.480 e. The van der Waals surface area contributed by atoms with Crippen LogP contribution >= 0.6 is 0 Å². The zero-order valence-corrected chi connectivity index (χ0v) is 11.4. The molecule has 2 rings (SSSR count). The van der Waals surface area contributed by atoms with Crippen LogP contribution in [-0.2, 0) is 4.79 Å². The summed E-state index contributed by atoms with van der Waals surface area (Å²) in [5.74, 6) is -1.05. The zero-order chi connectivity index (χ0) is 15.6. The van der Waals surface area contributed by atoms with Gasteiger partial charge < -0.3 is 15.7 Å². The maximum absolute atomic E-state index is 11.9. The number of rotatable bonds is 4. The third-order valence-electron chi connectivity index (χ3n) is 3.64. The molecule has 3 N–H and O–H groups in total. The van der Waals surface area contributed by atoms with Gasteiger partial charge in [0.25, 0.3) is 5.69 Å². The maximum atomic E-state index is 11.9. The summed E-state index contributed by atoms with van der Waals surface area (Å²) in [7, 11) is 0. The molecule has 0 bridgehead atoms. The molecule has 0 aliphatic heterocycles. The molecule has 0 saturated heterocycles. The predicted molar refractivity (Wildman–Crippen MR) is 74.2 cm³/mol. The van der Waals surface area contributed by atoms with Crippen LogP contribution in [0.25, 0.3) is 0 Å². The molecule has 112 valence electrons. The van der Waals surface area contributed by atoms with Crippen molar-refractivity contribution >= 4 is 23.4 Å². The highest BCUT2D eigenvalue weighted by atomic mass is 16.6. The fourth-order valence-electron chi connectivity index (χ4n) is 2.20. The molecule has 0 aromatic heterocycles. The first kappa shape index (κ1) is 14.8. The number of amides is 2. The Labute approximate surface area is 120 Å². The first-order valence-electron chi connectivity index (χ1n) is 6.42. The Hall–Kier alpha value is -2.64. The number of urea groups is 1. The highest BCUT2D eigenvalue weighted by Gasteiger charge is 2.45. The van der Waals surface area contributed by atoms with E-state index in [9.17, 15) is 19.7 Å². The largest absolute Gasteiger partial charge is 0.480 e. The van der Waals surface area contributed by atoms with Crippen LogP contribution in [0.15, 0.2) is 18.2 Å². The second kappa shape index (κ2) is 5.39. The number of benzene rings is 1. The van der Waals surface area contributed by atoms with Gasteiger partial charge >= 0.3 is 12.0 Å². The van der Waals surface area contributed by atoms with Gasteiger partial charge in [0, 0.05) is 17.8 Å². The maximum Gasteiger partial charge on any atom is 0.329 e. The van der Waals surface area contributed by atoms with Gasteiger partial charge in [0.05, 0.1) is 4.92 Å². The van der Waals surface area contributed by atoms with E-state index in [0.29, 0.717) is 24.1 Å². The van der Waals surface area contributed by atoms with Gasteiger partial charge in [-0.25, -0.2) is 9.59 Å². The van der Waals surface area contributed by atoms with Crippen molar-refractivity contribution in [3.8, 4) is 0 Å². The molecule has 2 amide bonds. The molecule has 1 aliphatic rings. The smallest absolute Gasteiger partial charge is 0.329 e. The van der Waals surface area contributed by atoms with Gasteiger partial charge in [-0.1, -0.05) is 0 Å². The molecule has 0 heterocycles. The summed E-state index contributed by atoms with van der Waals surface area (Å²) in [6.07, 6.45) is 1.55. The van der Waals surface area contributed by atoms with Crippen LogP contribution < -0.4 is 10.6 Å². The van der Waals surface area contributed by atoms with Crippen LogP contribution in [0.1, 0.15) is 24.8 Å². The van der Waals surface area contributed by atoms with E-state index >= 15 is 0 Å². The van der Waals surface area contributed by atoms with Crippen molar-refractivity contribution in [3.05, 3.63) is 33.9 Å². The highest BCUT2D eigenvalue weighted by molar-refractivity contribution is 5.95. The second-order valence-corrected chi connectivity index (χ2v) is 5.08. The molecular weight excluding hydrogens is 278 g/mol. The van der Waals surface area contributed by atoms with Crippen molar-refractivity contribution < 1.29 is 19.6 Å². The number of nitro groups is 1. The number of nitrogens with one attached hydrogen (secondary N) is 2. The number of carbonyl (C=O) groups excluding carboxylic acids is 1. The number of non-ortho nitro benzene ring substituents is 1. The van der Waals surface area contributed by atoms with Crippen molar-refractivity contribution in [3.63, 3.8) is 0 Å². The van der Waals surface area contributed by atoms with E-state index in [0.717, 1.165) is 6.42 Å². The number of carboxylic acid groups (broad SMARTS) is 1. The third-order valence-corrected chi connectivity index (χ3v) is 3.64. The molecule has 1 fully saturated rings. The monoisotopic (exact) mass is 293 g/mol. The molecule has 8 heteroatoms. The average Bonchev–Trinajstić information content (AvgIpc) is 2.35. The van der Waals surface area contributed by atoms with E-state index in [1.165, 1.54) is 18.2 Å². The number of carboxylic acids is 1. The summed E-state index contributed by atoms with van der Waals surface area (Å²) in [6, 6.07) is 3.40. The summed E-state index contributed by atoms with van der Waals surface area (Å²) in [4.78, 5) is 33.2. The second-order valence-electron chi connectivity index (χ2n) is 5.08. The molecule has 0 unspecified atom stereocenters. The molecule has 1 aliphatic carbocycles. The number of aliphatic carboxylic acids is 1. The SMILES string of the molecule is Cc1cc([N+](=O)[O-])ccc1NC(=O)NC1(C(=O)O)CCC1. The highest BCUT2D eigenvalue weighted by Crippen LogP contribution is 2.32. The van der Waals surface area contributed by atoms with Gasteiger partial charge in [-0.2, -0.15) is 0 Å². The normalized spacial score (nSPS) is 15.7. The van der Waals surface area contributed by atoms with E-state index in [1.54, 1.807) is 6.92 Å². The fraction of sp³-hybridized carbons (Fsp3) is 0.385. The number of aryl methyl sites for hydroxylation is 1. The van der Waals surface area contributed by atoms with Crippen molar-refractivity contribution in [2.75, 3.05) is 5.32 Å². The van der Waals surface area contributed by atoms with Crippen molar-refractivity contribution in [2.24, 2.45) is 0 Å². The molecule has 0 atom stereocenters. The minimum absolute atomic E-state index is 0.0699. The lowest BCUT2D eigenvalue weighted by molar-refractivity contribution is -0.384. The molecule has 8 nitrogen and oxygen atoms in total. The number of hydrogen-bond acceptors (Lipinski definition) is 4. The Kier molecular flexibility index (Phi) is 3.79. The van der Waals surface area contributed by atoms with Gasteiger partial charge in [0.15, 0.2) is 0 Å². The minimum atomic E-state index is -1.20. The lowest BCUT2D eigenvalue weighted by Gasteiger charge is -2.38.